The van der Waals surface area contributed by atoms with Crippen LogP contribution >= 0.6 is 46.6 Å². The van der Waals surface area contributed by atoms with Crippen molar-refractivity contribution in [3.8, 4) is 0 Å². The summed E-state index contributed by atoms with van der Waals surface area (Å²) in [5.41, 5.74) is -0.114. The molecule has 2 aromatic rings. The number of aliphatic imine (C=N–C) groups is 3. The zero-order valence-corrected chi connectivity index (χ0v) is 24.7. The number of thiazole rings is 1. The van der Waals surface area contributed by atoms with Gasteiger partial charge in [0.15, 0.2) is 5.69 Å². The Morgan fingerprint density at radius 2 is 1.72 bits per heavy atom. The number of nitrogens with zero attached hydrogens (tertiary/aromatic N) is 5. The van der Waals surface area contributed by atoms with Crippen LogP contribution in [0.2, 0.25) is 0 Å². The van der Waals surface area contributed by atoms with Crippen LogP contribution in [0.25, 0.3) is 0 Å². The minimum atomic E-state index is -0.641. The Balaban J connectivity index is 1.38. The number of carbonyl (C=O) groups excluding carboxylic acids is 1. The fraction of sp³-hybridized carbons (Fsp3) is 0.583. The molecule has 5 rings (SSSR count). The molecular weight excluding hydrogens is 533 g/mol. The first kappa shape index (κ1) is 26.0. The molecule has 0 radical (unpaired) electrons. The zero-order valence-electron chi connectivity index (χ0n) is 21.5. The number of aromatic nitrogens is 2. The molecule has 1 N–H and O–H groups in total. The first-order chi connectivity index (χ1) is 17.0. The van der Waals surface area contributed by atoms with Gasteiger partial charge in [0.25, 0.3) is 5.91 Å². The minimum absolute atomic E-state index is 0.256. The molecule has 0 aliphatic carbocycles. The summed E-state index contributed by atoms with van der Waals surface area (Å²) in [7, 11) is 1.59. The predicted molar refractivity (Wildman–Crippen MR) is 153 cm³/mol. The smallest absolute Gasteiger partial charge is 0.273 e. The molecule has 192 valence electrons. The summed E-state index contributed by atoms with van der Waals surface area (Å²) >= 11 is 6.92. The Morgan fingerprint density at radius 3 is 2.42 bits per heavy atom. The molecule has 0 aromatic carbocycles. The van der Waals surface area contributed by atoms with Gasteiger partial charge in [-0.3, -0.25) is 19.8 Å². The van der Waals surface area contributed by atoms with E-state index in [2.05, 4.69) is 43.4 Å². The van der Waals surface area contributed by atoms with Crippen molar-refractivity contribution in [1.82, 2.24) is 15.3 Å². The molecule has 2 aromatic heterocycles. The lowest BCUT2D eigenvalue weighted by Crippen LogP contribution is -2.31. The monoisotopic (exact) mass is 562 g/mol. The first-order valence-corrected chi connectivity index (χ1v) is 15.6. The largest absolute Gasteiger partial charge is 0.442 e. The lowest BCUT2D eigenvalue weighted by atomic mass is 10.0. The molecule has 8 nitrogen and oxygen atoms in total. The topological polar surface area (TPSA) is 105 Å². The summed E-state index contributed by atoms with van der Waals surface area (Å²) in [6.07, 6.45) is 0. The first-order valence-electron chi connectivity index (χ1n) is 11.8. The maximum absolute atomic E-state index is 12.1. The van der Waals surface area contributed by atoms with Crippen molar-refractivity contribution in [3.05, 3.63) is 33.4 Å². The Bertz CT molecular complexity index is 1310. The van der Waals surface area contributed by atoms with E-state index in [0.29, 0.717) is 29.0 Å². The fourth-order valence-electron chi connectivity index (χ4n) is 4.12. The zero-order chi connectivity index (χ0) is 25.9. The standard InChI is InChI=1S/C24H30N6O2S4/c1-12(2)17-28-23(5,10-34-17)20-26-14(8-33-20)18-29-24(6,11-35-18)21-30-22(4,9-36-21)19-27-15(13(3)32-19)16(31)25-7/h8,12H,9-11H2,1-7H3,(H,25,31). The van der Waals surface area contributed by atoms with E-state index in [1.165, 1.54) is 5.04 Å². The van der Waals surface area contributed by atoms with E-state index in [1.807, 2.05) is 18.7 Å². The molecule has 0 bridgehead atoms. The highest BCUT2D eigenvalue weighted by molar-refractivity contribution is 8.16. The number of carbonyl (C=O) groups is 1. The highest BCUT2D eigenvalue weighted by atomic mass is 32.2. The molecule has 3 aliphatic rings. The number of oxazole rings is 1. The Labute approximate surface area is 228 Å². The van der Waals surface area contributed by atoms with E-state index in [9.17, 15) is 4.79 Å². The third-order valence-electron chi connectivity index (χ3n) is 6.37. The maximum Gasteiger partial charge on any atom is 0.273 e. The van der Waals surface area contributed by atoms with Crippen LogP contribution in [0, 0.1) is 12.8 Å². The van der Waals surface area contributed by atoms with Gasteiger partial charge in [-0.2, -0.15) is 0 Å². The van der Waals surface area contributed by atoms with Crippen molar-refractivity contribution >= 4 is 67.7 Å². The molecule has 1 amide bonds. The van der Waals surface area contributed by atoms with Gasteiger partial charge in [-0.1, -0.05) is 13.8 Å². The Morgan fingerprint density at radius 1 is 1.00 bits per heavy atom. The van der Waals surface area contributed by atoms with Gasteiger partial charge in [-0.25, -0.2) is 9.97 Å². The Kier molecular flexibility index (Phi) is 6.70. The lowest BCUT2D eigenvalue weighted by molar-refractivity contribution is 0.0957. The van der Waals surface area contributed by atoms with Gasteiger partial charge in [0.1, 0.15) is 38.1 Å². The second kappa shape index (κ2) is 9.28. The van der Waals surface area contributed by atoms with E-state index in [0.717, 1.165) is 32.3 Å². The number of nitrogens with one attached hydrogen (secondary N) is 1. The van der Waals surface area contributed by atoms with Crippen LogP contribution < -0.4 is 5.32 Å². The summed E-state index contributed by atoms with van der Waals surface area (Å²) in [5, 5.41) is 8.88. The third-order valence-corrected chi connectivity index (χ3v) is 11.8. The summed E-state index contributed by atoms with van der Waals surface area (Å²) in [4.78, 5) is 36.7. The van der Waals surface area contributed by atoms with Crippen LogP contribution in [0.4, 0.5) is 0 Å². The highest BCUT2D eigenvalue weighted by Gasteiger charge is 2.46. The molecule has 5 heterocycles. The van der Waals surface area contributed by atoms with Crippen molar-refractivity contribution in [3.63, 3.8) is 0 Å². The van der Waals surface area contributed by atoms with Crippen molar-refractivity contribution < 1.29 is 9.21 Å². The number of rotatable bonds is 6. The molecule has 3 aliphatic heterocycles. The van der Waals surface area contributed by atoms with Gasteiger partial charge in [0.2, 0.25) is 5.89 Å². The van der Waals surface area contributed by atoms with Gasteiger partial charge < -0.3 is 9.73 Å². The summed E-state index contributed by atoms with van der Waals surface area (Å²) in [6.45, 7) is 12.4. The van der Waals surface area contributed by atoms with Crippen LogP contribution in [-0.4, -0.2) is 60.9 Å². The molecule has 0 saturated carbocycles. The second-order valence-corrected chi connectivity index (χ2v) is 13.9. The summed E-state index contributed by atoms with van der Waals surface area (Å²) in [6, 6.07) is 0. The predicted octanol–water partition coefficient (Wildman–Crippen LogP) is 5.13. The van der Waals surface area contributed by atoms with Crippen LogP contribution in [0.1, 0.15) is 67.5 Å². The van der Waals surface area contributed by atoms with Crippen molar-refractivity contribution in [1.29, 1.82) is 0 Å². The van der Waals surface area contributed by atoms with Gasteiger partial charge in [0.05, 0.1) is 10.1 Å². The van der Waals surface area contributed by atoms with E-state index in [-0.39, 0.29) is 11.4 Å². The van der Waals surface area contributed by atoms with E-state index >= 15 is 0 Å². The number of thioether (sulfide) groups is 3. The van der Waals surface area contributed by atoms with Crippen molar-refractivity contribution in [2.45, 2.75) is 58.2 Å². The number of amides is 1. The maximum atomic E-state index is 12.1. The van der Waals surface area contributed by atoms with Crippen molar-refractivity contribution in [2.24, 2.45) is 20.9 Å². The minimum Gasteiger partial charge on any atom is -0.442 e. The van der Waals surface area contributed by atoms with Crippen LogP contribution in [0.15, 0.2) is 24.8 Å². The van der Waals surface area contributed by atoms with Crippen molar-refractivity contribution in [2.75, 3.05) is 24.3 Å². The molecule has 0 fully saturated rings. The molecule has 12 heteroatoms. The summed E-state index contributed by atoms with van der Waals surface area (Å²) in [5.74, 6) is 3.57. The summed E-state index contributed by atoms with van der Waals surface area (Å²) < 4.78 is 5.89. The van der Waals surface area contributed by atoms with Gasteiger partial charge in [0, 0.05) is 35.6 Å². The molecule has 3 atom stereocenters. The second-order valence-electron chi connectivity index (χ2n) is 10.2. The van der Waals surface area contributed by atoms with Crippen LogP contribution in [0.3, 0.4) is 0 Å². The average molecular weight is 563 g/mol. The molecular formula is C24H30N6O2S4. The normalized spacial score (nSPS) is 30.1. The fourth-order valence-corrected chi connectivity index (χ4v) is 8.96. The van der Waals surface area contributed by atoms with E-state index in [4.69, 9.17) is 24.4 Å². The molecule has 0 saturated heterocycles. The number of aryl methyl sites for hydroxylation is 1. The molecule has 36 heavy (non-hydrogen) atoms. The van der Waals surface area contributed by atoms with E-state index in [1.54, 1.807) is 48.8 Å². The third kappa shape index (κ3) is 4.48. The number of hydrogen-bond acceptors (Lipinski definition) is 11. The average Bonchev–Trinajstić information content (AvgIpc) is 3.64. The number of hydrogen-bond donors (Lipinski definition) is 1. The molecule has 3 unspecified atom stereocenters. The quantitative estimate of drug-likeness (QED) is 0.520. The van der Waals surface area contributed by atoms with E-state index < -0.39 is 11.1 Å². The van der Waals surface area contributed by atoms with Crippen LogP contribution in [-0.2, 0) is 11.1 Å². The lowest BCUT2D eigenvalue weighted by Gasteiger charge is -2.19. The molecule has 0 spiro atoms. The SMILES string of the molecule is CNC(=O)c1nc(C2(C)CSC(C3(C)CSC(c4csc(C5(C)CSC(C(C)C)=N5)n4)=N3)=N2)oc1C. The van der Waals surface area contributed by atoms with Gasteiger partial charge >= 0.3 is 0 Å². The highest BCUT2D eigenvalue weighted by Crippen LogP contribution is 2.45. The van der Waals surface area contributed by atoms with Crippen LogP contribution in [0.5, 0.6) is 0 Å². The van der Waals surface area contributed by atoms with Gasteiger partial charge in [-0.05, 0) is 27.7 Å². The van der Waals surface area contributed by atoms with Gasteiger partial charge in [-0.15, -0.1) is 46.6 Å². The Hall–Kier alpha value is -1.63.